The monoisotopic (exact) mass is 575 g/mol. The summed E-state index contributed by atoms with van der Waals surface area (Å²) in [5.41, 5.74) is 0.960. The number of methoxy groups -OCH3 is 1. The van der Waals surface area contributed by atoms with Crippen molar-refractivity contribution < 1.29 is 27.4 Å². The van der Waals surface area contributed by atoms with Gasteiger partial charge in [0.05, 0.1) is 23.9 Å². The molecule has 0 aliphatic carbocycles. The van der Waals surface area contributed by atoms with Gasteiger partial charge in [-0.25, -0.2) is 9.97 Å². The fourth-order valence-electron chi connectivity index (χ4n) is 6.32. The van der Waals surface area contributed by atoms with E-state index in [2.05, 4.69) is 20.2 Å². The predicted molar refractivity (Wildman–Crippen MR) is 149 cm³/mol. The van der Waals surface area contributed by atoms with Crippen molar-refractivity contribution in [3.8, 4) is 0 Å². The molecule has 1 aromatic carbocycles. The maximum atomic E-state index is 13.4. The highest BCUT2D eigenvalue weighted by Crippen LogP contribution is 2.35. The van der Waals surface area contributed by atoms with Crippen molar-refractivity contribution >= 4 is 11.7 Å². The summed E-state index contributed by atoms with van der Waals surface area (Å²) in [6.45, 7) is 5.77. The first-order valence-electron chi connectivity index (χ1n) is 14.7. The highest BCUT2D eigenvalue weighted by Gasteiger charge is 2.33. The van der Waals surface area contributed by atoms with Gasteiger partial charge in [-0.2, -0.15) is 13.2 Å². The second kappa shape index (κ2) is 13.0. The van der Waals surface area contributed by atoms with Crippen molar-refractivity contribution in [1.82, 2.24) is 19.8 Å². The summed E-state index contributed by atoms with van der Waals surface area (Å²) in [4.78, 5) is 26.5. The maximum Gasteiger partial charge on any atom is 0.416 e. The minimum atomic E-state index is -4.39. The number of aromatic nitrogens is 2. The van der Waals surface area contributed by atoms with Gasteiger partial charge in [-0.15, -0.1) is 0 Å². The van der Waals surface area contributed by atoms with Crippen molar-refractivity contribution in [3.63, 3.8) is 0 Å². The topological polar surface area (TPSA) is 79.8 Å². The Morgan fingerprint density at radius 3 is 2.54 bits per heavy atom. The van der Waals surface area contributed by atoms with Crippen LogP contribution in [0.4, 0.5) is 19.0 Å². The second-order valence-corrected chi connectivity index (χ2v) is 11.4. The number of amides is 1. The van der Waals surface area contributed by atoms with Gasteiger partial charge in [-0.3, -0.25) is 4.79 Å². The molecular weight excluding hydrogens is 535 g/mol. The van der Waals surface area contributed by atoms with Crippen LogP contribution in [0.5, 0.6) is 0 Å². The van der Waals surface area contributed by atoms with Crippen molar-refractivity contribution in [3.05, 3.63) is 53.0 Å². The lowest BCUT2D eigenvalue weighted by Crippen LogP contribution is -2.49. The highest BCUT2D eigenvalue weighted by atomic mass is 19.4. The Morgan fingerprint density at radius 2 is 1.83 bits per heavy atom. The number of nitrogens with zero attached hydrogens (tertiary/aromatic N) is 4. The van der Waals surface area contributed by atoms with E-state index >= 15 is 0 Å². The lowest BCUT2D eigenvalue weighted by atomic mass is 9.97. The molecule has 3 aliphatic heterocycles. The molecule has 1 N–H and O–H groups in total. The van der Waals surface area contributed by atoms with E-state index in [0.29, 0.717) is 60.8 Å². The number of piperidine rings is 2. The quantitative estimate of drug-likeness (QED) is 0.484. The van der Waals surface area contributed by atoms with Gasteiger partial charge in [-0.1, -0.05) is 12.1 Å². The molecule has 0 spiro atoms. The highest BCUT2D eigenvalue weighted by molar-refractivity contribution is 5.94. The van der Waals surface area contributed by atoms with E-state index in [4.69, 9.17) is 9.47 Å². The Balaban J connectivity index is 1.15. The third kappa shape index (κ3) is 7.18. The molecule has 8 nitrogen and oxygen atoms in total. The molecule has 4 heterocycles. The zero-order chi connectivity index (χ0) is 29.0. The van der Waals surface area contributed by atoms with E-state index in [1.54, 1.807) is 13.2 Å². The number of hydrogen-bond donors (Lipinski definition) is 1. The third-order valence-corrected chi connectivity index (χ3v) is 8.80. The van der Waals surface area contributed by atoms with E-state index in [-0.39, 0.29) is 12.0 Å². The molecule has 2 aromatic rings. The normalized spacial score (nSPS) is 23.5. The summed E-state index contributed by atoms with van der Waals surface area (Å²) in [5, 5.41) is 3.30. The molecular formula is C30H40F3N5O3. The first kappa shape index (κ1) is 29.7. The number of alkyl halides is 3. The van der Waals surface area contributed by atoms with Gasteiger partial charge in [0.1, 0.15) is 17.8 Å². The smallest absolute Gasteiger partial charge is 0.381 e. The van der Waals surface area contributed by atoms with Crippen LogP contribution in [0.15, 0.2) is 30.6 Å². The molecule has 5 rings (SSSR count). The number of nitrogens with one attached hydrogen (secondary N) is 1. The van der Waals surface area contributed by atoms with E-state index in [1.807, 2.05) is 11.8 Å². The lowest BCUT2D eigenvalue weighted by Gasteiger charge is -2.41. The standard InChI is InChI=1S/C30H40F3N5O3/c1-20-27(29(39)38-13-9-23(10-14-38)37-15-11-24(40-2)12-16-37)35-19-36-28(20)34-18-25-7-4-8-26(41-25)21-5-3-6-22(17-21)30(31,32)33/h3,5-6,17,19,23-26H,4,7-16,18H2,1-2H3,(H,34,35,36). The largest absolute Gasteiger partial charge is 0.416 e. The zero-order valence-corrected chi connectivity index (χ0v) is 23.8. The maximum absolute atomic E-state index is 13.4. The summed E-state index contributed by atoms with van der Waals surface area (Å²) in [6.07, 6.45) is 3.12. The molecule has 11 heteroatoms. The van der Waals surface area contributed by atoms with Crippen molar-refractivity contribution in [2.45, 2.75) is 82.4 Å². The predicted octanol–water partition coefficient (Wildman–Crippen LogP) is 5.24. The average molecular weight is 576 g/mol. The Hall–Kier alpha value is -2.76. The van der Waals surface area contributed by atoms with Crippen molar-refractivity contribution in [2.24, 2.45) is 0 Å². The van der Waals surface area contributed by atoms with Crippen LogP contribution in [0.25, 0.3) is 0 Å². The molecule has 2 unspecified atom stereocenters. The average Bonchev–Trinajstić information content (AvgIpc) is 3.00. The number of ether oxygens (including phenoxy) is 2. The number of hydrogen-bond acceptors (Lipinski definition) is 7. The number of likely N-dealkylation sites (tertiary alicyclic amines) is 2. The summed E-state index contributed by atoms with van der Waals surface area (Å²) in [7, 11) is 1.78. The lowest BCUT2D eigenvalue weighted by molar-refractivity contribution is -0.137. The van der Waals surface area contributed by atoms with Crippen LogP contribution in [0.3, 0.4) is 0 Å². The Kier molecular flexibility index (Phi) is 9.45. The minimum Gasteiger partial charge on any atom is -0.381 e. The molecule has 3 fully saturated rings. The number of carbonyl (C=O) groups excluding carboxylic acids is 1. The number of anilines is 1. The van der Waals surface area contributed by atoms with E-state index < -0.39 is 17.8 Å². The molecule has 1 aromatic heterocycles. The number of halogens is 3. The molecule has 3 saturated heterocycles. The van der Waals surface area contributed by atoms with E-state index in [1.165, 1.54) is 18.5 Å². The van der Waals surface area contributed by atoms with Crippen LogP contribution in [-0.2, 0) is 15.7 Å². The van der Waals surface area contributed by atoms with Gasteiger partial charge in [0.2, 0.25) is 0 Å². The number of rotatable bonds is 7. The molecule has 2 atom stereocenters. The van der Waals surface area contributed by atoms with Crippen molar-refractivity contribution in [2.75, 3.05) is 45.2 Å². The van der Waals surface area contributed by atoms with Gasteiger partial charge < -0.3 is 24.6 Å². The first-order chi connectivity index (χ1) is 19.7. The van der Waals surface area contributed by atoms with Crippen LogP contribution in [-0.4, -0.2) is 83.8 Å². The molecule has 0 saturated carbocycles. The van der Waals surface area contributed by atoms with Gasteiger partial charge >= 0.3 is 6.18 Å². The Labute approximate surface area is 239 Å². The zero-order valence-electron chi connectivity index (χ0n) is 23.8. The molecule has 0 radical (unpaired) electrons. The second-order valence-electron chi connectivity index (χ2n) is 11.4. The van der Waals surface area contributed by atoms with E-state index in [0.717, 1.165) is 57.7 Å². The molecule has 41 heavy (non-hydrogen) atoms. The fraction of sp³-hybridized carbons (Fsp3) is 0.633. The van der Waals surface area contributed by atoms with Gasteiger partial charge in [0.15, 0.2) is 0 Å². The summed E-state index contributed by atoms with van der Waals surface area (Å²) >= 11 is 0. The number of carbonyl (C=O) groups is 1. The van der Waals surface area contributed by atoms with Crippen LogP contribution >= 0.6 is 0 Å². The minimum absolute atomic E-state index is 0.0805. The van der Waals surface area contributed by atoms with Crippen LogP contribution in [0.1, 0.15) is 78.2 Å². The molecule has 1 amide bonds. The first-order valence-corrected chi connectivity index (χ1v) is 14.7. The van der Waals surface area contributed by atoms with Crippen molar-refractivity contribution in [1.29, 1.82) is 0 Å². The SMILES string of the molecule is COC1CCN(C2CCN(C(=O)c3ncnc(NCC4CCCC(c5cccc(C(F)(F)F)c5)O4)c3C)CC2)CC1. The van der Waals surface area contributed by atoms with E-state index in [9.17, 15) is 18.0 Å². The Morgan fingerprint density at radius 1 is 1.07 bits per heavy atom. The summed E-state index contributed by atoms with van der Waals surface area (Å²) < 4.78 is 51.2. The summed E-state index contributed by atoms with van der Waals surface area (Å²) in [6, 6.07) is 5.87. The Bertz CT molecular complexity index is 1180. The third-order valence-electron chi connectivity index (χ3n) is 8.80. The van der Waals surface area contributed by atoms with Gasteiger partial charge in [0.25, 0.3) is 5.91 Å². The van der Waals surface area contributed by atoms with Gasteiger partial charge in [0, 0.05) is 51.4 Å². The van der Waals surface area contributed by atoms with Crippen LogP contribution in [0.2, 0.25) is 0 Å². The van der Waals surface area contributed by atoms with Gasteiger partial charge in [-0.05, 0) is 69.6 Å². The molecule has 224 valence electrons. The molecule has 3 aliphatic rings. The van der Waals surface area contributed by atoms with Crippen LogP contribution in [0, 0.1) is 6.92 Å². The fourth-order valence-corrected chi connectivity index (χ4v) is 6.32. The van der Waals surface area contributed by atoms with Crippen LogP contribution < -0.4 is 5.32 Å². The number of benzene rings is 1. The molecule has 0 bridgehead atoms. The summed E-state index contributed by atoms with van der Waals surface area (Å²) in [5.74, 6) is 0.493.